The third-order valence-electron chi connectivity index (χ3n) is 3.60. The maximum absolute atomic E-state index is 12.0. The van der Waals surface area contributed by atoms with E-state index in [9.17, 15) is 24.6 Å². The van der Waals surface area contributed by atoms with Crippen molar-refractivity contribution >= 4 is 5.91 Å². The van der Waals surface area contributed by atoms with E-state index in [1.54, 1.807) is 0 Å². The van der Waals surface area contributed by atoms with Crippen molar-refractivity contribution in [3.05, 3.63) is 32.6 Å². The molecular weight excluding hydrogens is 310 g/mol. The van der Waals surface area contributed by atoms with E-state index in [1.807, 2.05) is 0 Å². The number of ether oxygens (including phenoxy) is 2. The average Bonchev–Trinajstić information content (AvgIpc) is 2.84. The second-order valence-corrected chi connectivity index (χ2v) is 5.17. The minimum Gasteiger partial charge on any atom is -0.394 e. The fourth-order valence-corrected chi connectivity index (χ4v) is 2.29. The van der Waals surface area contributed by atoms with Crippen LogP contribution in [0.5, 0.6) is 0 Å². The zero-order chi connectivity index (χ0) is 17.1. The first-order chi connectivity index (χ1) is 10.9. The number of aliphatic hydroxyl groups is 2. The third-order valence-corrected chi connectivity index (χ3v) is 3.60. The van der Waals surface area contributed by atoms with Crippen LogP contribution in [0.4, 0.5) is 0 Å². The molecule has 1 aliphatic heterocycles. The first kappa shape index (κ1) is 17.3. The molecule has 0 radical (unpaired) electrons. The van der Waals surface area contributed by atoms with Gasteiger partial charge in [-0.05, 0) is 6.92 Å². The van der Waals surface area contributed by atoms with Gasteiger partial charge < -0.3 is 25.0 Å². The van der Waals surface area contributed by atoms with Crippen LogP contribution in [0.1, 0.15) is 11.8 Å². The minimum atomic E-state index is -1.24. The van der Waals surface area contributed by atoms with Crippen molar-refractivity contribution in [3.63, 3.8) is 0 Å². The Hall–Kier alpha value is -2.01. The molecule has 0 spiro atoms. The van der Waals surface area contributed by atoms with Crippen molar-refractivity contribution in [3.8, 4) is 0 Å². The summed E-state index contributed by atoms with van der Waals surface area (Å²) < 4.78 is 11.8. The van der Waals surface area contributed by atoms with Crippen molar-refractivity contribution in [1.82, 2.24) is 14.9 Å². The van der Waals surface area contributed by atoms with Crippen molar-refractivity contribution < 1.29 is 24.5 Å². The molecule has 1 saturated heterocycles. The molecule has 1 fully saturated rings. The normalized spacial score (nSPS) is 27.1. The number of carbonyl (C=O) groups excluding carboxylic acids is 1. The van der Waals surface area contributed by atoms with Crippen molar-refractivity contribution in [2.75, 3.05) is 20.3 Å². The quantitative estimate of drug-likeness (QED) is 0.458. The standard InChI is InChI=1S/C13H19N3O7/c1-6-3-16(13(21)15-11(6)20)12-10(22-5-8(18)14-2)9(19)7(4-17)23-12/h3,7,9-10,12,17,19H,4-5H2,1-2H3,(H,14,18)(H,15,20,21). The van der Waals surface area contributed by atoms with Crippen LogP contribution < -0.4 is 16.6 Å². The molecule has 4 N–H and O–H groups in total. The topological polar surface area (TPSA) is 143 Å². The fourth-order valence-electron chi connectivity index (χ4n) is 2.29. The lowest BCUT2D eigenvalue weighted by Gasteiger charge is -2.22. The molecule has 0 aromatic carbocycles. The van der Waals surface area contributed by atoms with Gasteiger partial charge in [-0.15, -0.1) is 0 Å². The van der Waals surface area contributed by atoms with Crippen LogP contribution in [0.25, 0.3) is 0 Å². The lowest BCUT2D eigenvalue weighted by Crippen LogP contribution is -2.41. The molecule has 1 aromatic rings. The summed E-state index contributed by atoms with van der Waals surface area (Å²) in [5.74, 6) is -0.423. The summed E-state index contributed by atoms with van der Waals surface area (Å²) in [6.07, 6.45) is -3.10. The number of aromatic amines is 1. The number of aryl methyl sites for hydroxylation is 1. The number of likely N-dealkylation sites (N-methyl/N-ethyl adjacent to an activating group) is 1. The van der Waals surface area contributed by atoms with Gasteiger partial charge >= 0.3 is 5.69 Å². The number of amides is 1. The second kappa shape index (κ2) is 7.04. The second-order valence-electron chi connectivity index (χ2n) is 5.17. The minimum absolute atomic E-state index is 0.264. The fraction of sp³-hybridized carbons (Fsp3) is 0.615. The molecule has 0 bridgehead atoms. The summed E-state index contributed by atoms with van der Waals surface area (Å²) in [4.78, 5) is 36.8. The highest BCUT2D eigenvalue weighted by Gasteiger charge is 2.46. The summed E-state index contributed by atoms with van der Waals surface area (Å²) in [6, 6.07) is 0. The zero-order valence-corrected chi connectivity index (χ0v) is 12.7. The number of rotatable bonds is 5. The highest BCUT2D eigenvalue weighted by Crippen LogP contribution is 2.30. The van der Waals surface area contributed by atoms with Crippen molar-refractivity contribution in [2.24, 2.45) is 0 Å². The highest BCUT2D eigenvalue weighted by molar-refractivity contribution is 5.76. The van der Waals surface area contributed by atoms with E-state index in [-0.39, 0.29) is 12.2 Å². The van der Waals surface area contributed by atoms with E-state index >= 15 is 0 Å². The van der Waals surface area contributed by atoms with Gasteiger partial charge in [-0.1, -0.05) is 0 Å². The molecule has 128 valence electrons. The SMILES string of the molecule is CNC(=O)COC1C(O)C(CO)OC1n1cc(C)c(=O)[nH]c1=O. The van der Waals surface area contributed by atoms with Gasteiger partial charge in [-0.25, -0.2) is 4.79 Å². The number of hydrogen-bond acceptors (Lipinski definition) is 7. The van der Waals surface area contributed by atoms with Gasteiger partial charge in [0.05, 0.1) is 6.61 Å². The molecule has 23 heavy (non-hydrogen) atoms. The smallest absolute Gasteiger partial charge is 0.330 e. The summed E-state index contributed by atoms with van der Waals surface area (Å²) in [7, 11) is 1.43. The zero-order valence-electron chi connectivity index (χ0n) is 12.7. The van der Waals surface area contributed by atoms with Gasteiger partial charge in [-0.2, -0.15) is 0 Å². The van der Waals surface area contributed by atoms with E-state index in [0.29, 0.717) is 0 Å². The first-order valence-electron chi connectivity index (χ1n) is 6.97. The van der Waals surface area contributed by atoms with E-state index < -0.39 is 48.3 Å². The molecule has 10 nitrogen and oxygen atoms in total. The Kier molecular flexibility index (Phi) is 5.31. The molecular formula is C13H19N3O7. The van der Waals surface area contributed by atoms with Crippen LogP contribution in [0.15, 0.2) is 15.8 Å². The van der Waals surface area contributed by atoms with Gasteiger partial charge in [0, 0.05) is 18.8 Å². The Morgan fingerprint density at radius 1 is 1.52 bits per heavy atom. The molecule has 0 aliphatic carbocycles. The summed E-state index contributed by atoms with van der Waals surface area (Å²) >= 11 is 0. The monoisotopic (exact) mass is 329 g/mol. The predicted octanol–water partition coefficient (Wildman–Crippen LogP) is -2.77. The van der Waals surface area contributed by atoms with E-state index in [1.165, 1.54) is 20.2 Å². The van der Waals surface area contributed by atoms with Gasteiger partial charge in [0.25, 0.3) is 5.56 Å². The number of nitrogens with one attached hydrogen (secondary N) is 2. The van der Waals surface area contributed by atoms with Gasteiger partial charge in [0.2, 0.25) is 5.91 Å². The van der Waals surface area contributed by atoms with E-state index in [4.69, 9.17) is 9.47 Å². The number of aliphatic hydroxyl groups excluding tert-OH is 2. The molecule has 10 heteroatoms. The third kappa shape index (κ3) is 3.50. The van der Waals surface area contributed by atoms with E-state index in [2.05, 4.69) is 10.3 Å². The molecule has 1 aliphatic rings. The lowest BCUT2D eigenvalue weighted by atomic mass is 10.1. The summed E-state index contributed by atoms with van der Waals surface area (Å²) in [6.45, 7) is 0.659. The summed E-state index contributed by atoms with van der Waals surface area (Å²) in [5.41, 5.74) is -1.02. The van der Waals surface area contributed by atoms with Gasteiger partial charge in [-0.3, -0.25) is 19.1 Å². The Balaban J connectivity index is 2.33. The number of aromatic nitrogens is 2. The van der Waals surface area contributed by atoms with Crippen LogP contribution in [-0.2, 0) is 14.3 Å². The maximum atomic E-state index is 12.0. The van der Waals surface area contributed by atoms with Crippen LogP contribution in [0.3, 0.4) is 0 Å². The van der Waals surface area contributed by atoms with Crippen LogP contribution in [0.2, 0.25) is 0 Å². The van der Waals surface area contributed by atoms with Crippen molar-refractivity contribution in [2.45, 2.75) is 31.5 Å². The maximum Gasteiger partial charge on any atom is 0.330 e. The van der Waals surface area contributed by atoms with Crippen LogP contribution >= 0.6 is 0 Å². The molecule has 4 atom stereocenters. The molecule has 0 saturated carbocycles. The molecule has 1 aromatic heterocycles. The Morgan fingerprint density at radius 2 is 2.22 bits per heavy atom. The molecule has 2 rings (SSSR count). The Morgan fingerprint density at radius 3 is 2.83 bits per heavy atom. The Labute approximate surface area is 130 Å². The van der Waals surface area contributed by atoms with Crippen LogP contribution in [-0.4, -0.2) is 64.2 Å². The lowest BCUT2D eigenvalue weighted by molar-refractivity contribution is -0.132. The first-order valence-corrected chi connectivity index (χ1v) is 6.97. The molecule has 2 heterocycles. The van der Waals surface area contributed by atoms with Crippen LogP contribution in [0, 0.1) is 6.92 Å². The molecule has 1 amide bonds. The number of H-pyrrole nitrogens is 1. The van der Waals surface area contributed by atoms with E-state index in [0.717, 1.165) is 4.57 Å². The van der Waals surface area contributed by atoms with Gasteiger partial charge in [0.1, 0.15) is 24.9 Å². The number of carbonyl (C=O) groups is 1. The Bertz CT molecular complexity index is 683. The summed E-state index contributed by atoms with van der Waals surface area (Å²) in [5, 5.41) is 21.8. The number of nitrogens with zero attached hydrogens (tertiary/aromatic N) is 1. The average molecular weight is 329 g/mol. The van der Waals surface area contributed by atoms with Crippen molar-refractivity contribution in [1.29, 1.82) is 0 Å². The largest absolute Gasteiger partial charge is 0.394 e. The molecule has 4 unspecified atom stereocenters. The predicted molar refractivity (Wildman–Crippen MR) is 76.9 cm³/mol. The highest BCUT2D eigenvalue weighted by atomic mass is 16.6. The van der Waals surface area contributed by atoms with Gasteiger partial charge in [0.15, 0.2) is 6.23 Å². The number of hydrogen-bond donors (Lipinski definition) is 4.